The van der Waals surface area contributed by atoms with Crippen molar-refractivity contribution in [3.05, 3.63) is 71.3 Å². The van der Waals surface area contributed by atoms with Crippen LogP contribution in [0.1, 0.15) is 35.4 Å². The molecular formula is C18H21N. The molecule has 1 aliphatic carbocycles. The van der Waals surface area contributed by atoms with E-state index in [1.807, 2.05) is 0 Å². The molecule has 0 spiro atoms. The number of nitrogens with two attached hydrogens (primary N) is 1. The molecule has 0 saturated heterocycles. The fraction of sp³-hybridized carbons (Fsp3) is 0.333. The summed E-state index contributed by atoms with van der Waals surface area (Å²) in [6.07, 6.45) is 4.61. The topological polar surface area (TPSA) is 26.0 Å². The Kier molecular flexibility index (Phi) is 3.65. The summed E-state index contributed by atoms with van der Waals surface area (Å²) in [7, 11) is 0. The van der Waals surface area contributed by atoms with E-state index in [4.69, 9.17) is 5.73 Å². The molecule has 1 nitrogen and oxygen atoms in total. The van der Waals surface area contributed by atoms with Crippen LogP contribution in [0.5, 0.6) is 0 Å². The van der Waals surface area contributed by atoms with Gasteiger partial charge in [-0.25, -0.2) is 0 Å². The van der Waals surface area contributed by atoms with Gasteiger partial charge in [-0.2, -0.15) is 0 Å². The lowest BCUT2D eigenvalue weighted by atomic mass is 9.72. The van der Waals surface area contributed by atoms with Crippen LogP contribution in [0.25, 0.3) is 0 Å². The Labute approximate surface area is 115 Å². The molecule has 2 unspecified atom stereocenters. The lowest BCUT2D eigenvalue weighted by Gasteiger charge is -2.34. The first-order chi connectivity index (χ1) is 9.34. The van der Waals surface area contributed by atoms with Gasteiger partial charge in [0.1, 0.15) is 0 Å². The maximum Gasteiger partial charge on any atom is 0.0111 e. The third-order valence-corrected chi connectivity index (χ3v) is 4.26. The van der Waals surface area contributed by atoms with Crippen molar-refractivity contribution in [3.8, 4) is 0 Å². The van der Waals surface area contributed by atoms with Gasteiger partial charge < -0.3 is 5.73 Å². The molecule has 1 aliphatic rings. The number of aryl methyl sites for hydroxylation is 1. The predicted molar refractivity (Wildman–Crippen MR) is 80.2 cm³/mol. The molecule has 0 bridgehead atoms. The molecule has 0 aromatic heterocycles. The smallest absolute Gasteiger partial charge is 0.0111 e. The second-order valence-electron chi connectivity index (χ2n) is 5.55. The molecule has 0 saturated carbocycles. The van der Waals surface area contributed by atoms with Gasteiger partial charge in [0.15, 0.2) is 0 Å². The van der Waals surface area contributed by atoms with Crippen molar-refractivity contribution in [2.75, 3.05) is 0 Å². The summed E-state index contributed by atoms with van der Waals surface area (Å²) in [6, 6.07) is 19.7. The lowest BCUT2D eigenvalue weighted by Crippen LogP contribution is -2.35. The van der Waals surface area contributed by atoms with Crippen LogP contribution in [-0.4, -0.2) is 6.04 Å². The molecule has 0 radical (unpaired) electrons. The molecule has 2 atom stereocenters. The van der Waals surface area contributed by atoms with E-state index in [1.165, 1.54) is 29.5 Å². The zero-order valence-corrected chi connectivity index (χ0v) is 11.3. The normalized spacial score (nSPS) is 18.5. The van der Waals surface area contributed by atoms with Crippen molar-refractivity contribution in [2.45, 2.75) is 37.6 Å². The molecule has 98 valence electrons. The molecule has 2 N–H and O–H groups in total. The fourth-order valence-corrected chi connectivity index (χ4v) is 3.07. The summed E-state index contributed by atoms with van der Waals surface area (Å²) in [5, 5.41) is 0. The first kappa shape index (κ1) is 12.4. The summed E-state index contributed by atoms with van der Waals surface area (Å²) >= 11 is 0. The van der Waals surface area contributed by atoms with Crippen molar-refractivity contribution < 1.29 is 0 Å². The standard InChI is InChI=1S/C18H21N/c19-18(12-6-9-14-7-2-1-3-8-14)17-13-15-10-4-5-11-16(15)17/h1-5,7-8,10-11,17-18H,6,9,12-13,19H2. The van der Waals surface area contributed by atoms with Gasteiger partial charge in [-0.3, -0.25) is 0 Å². The number of benzene rings is 2. The number of hydrogen-bond donors (Lipinski definition) is 1. The van der Waals surface area contributed by atoms with Crippen LogP contribution < -0.4 is 5.73 Å². The molecule has 0 fully saturated rings. The highest BCUT2D eigenvalue weighted by Gasteiger charge is 2.29. The van der Waals surface area contributed by atoms with Crippen LogP contribution >= 0.6 is 0 Å². The van der Waals surface area contributed by atoms with Gasteiger partial charge in [0, 0.05) is 12.0 Å². The minimum absolute atomic E-state index is 0.318. The van der Waals surface area contributed by atoms with E-state index in [-0.39, 0.29) is 0 Å². The van der Waals surface area contributed by atoms with E-state index in [9.17, 15) is 0 Å². The maximum atomic E-state index is 6.36. The van der Waals surface area contributed by atoms with Gasteiger partial charge in [-0.1, -0.05) is 54.6 Å². The van der Waals surface area contributed by atoms with E-state index < -0.39 is 0 Å². The van der Waals surface area contributed by atoms with E-state index >= 15 is 0 Å². The molecule has 3 rings (SSSR count). The first-order valence-corrected chi connectivity index (χ1v) is 7.22. The molecule has 0 heterocycles. The molecular weight excluding hydrogens is 230 g/mol. The van der Waals surface area contributed by atoms with Crippen LogP contribution in [0.3, 0.4) is 0 Å². The zero-order valence-electron chi connectivity index (χ0n) is 11.3. The van der Waals surface area contributed by atoms with Crippen molar-refractivity contribution in [1.29, 1.82) is 0 Å². The van der Waals surface area contributed by atoms with E-state index in [2.05, 4.69) is 54.6 Å². The predicted octanol–water partition coefficient (Wildman–Crippen LogP) is 3.68. The second kappa shape index (κ2) is 5.58. The highest BCUT2D eigenvalue weighted by atomic mass is 14.7. The second-order valence-corrected chi connectivity index (χ2v) is 5.55. The number of rotatable bonds is 5. The Morgan fingerprint density at radius 3 is 2.53 bits per heavy atom. The van der Waals surface area contributed by atoms with Crippen LogP contribution in [0.4, 0.5) is 0 Å². The van der Waals surface area contributed by atoms with Crippen molar-refractivity contribution in [1.82, 2.24) is 0 Å². The van der Waals surface area contributed by atoms with Gasteiger partial charge in [0.2, 0.25) is 0 Å². The molecule has 2 aromatic rings. The van der Waals surface area contributed by atoms with Gasteiger partial charge >= 0.3 is 0 Å². The van der Waals surface area contributed by atoms with Gasteiger partial charge in [0.25, 0.3) is 0 Å². The average Bonchev–Trinajstić information content (AvgIpc) is 2.41. The first-order valence-electron chi connectivity index (χ1n) is 7.22. The quantitative estimate of drug-likeness (QED) is 0.862. The maximum absolute atomic E-state index is 6.36. The summed E-state index contributed by atoms with van der Waals surface area (Å²) in [5.41, 5.74) is 10.8. The molecule has 2 aromatic carbocycles. The summed E-state index contributed by atoms with van der Waals surface area (Å²) in [6.45, 7) is 0. The van der Waals surface area contributed by atoms with Crippen LogP contribution in [0.15, 0.2) is 54.6 Å². The lowest BCUT2D eigenvalue weighted by molar-refractivity contribution is 0.447. The van der Waals surface area contributed by atoms with Gasteiger partial charge in [0.05, 0.1) is 0 Å². The Morgan fingerprint density at radius 1 is 1.00 bits per heavy atom. The largest absolute Gasteiger partial charge is 0.327 e. The zero-order chi connectivity index (χ0) is 13.1. The van der Waals surface area contributed by atoms with E-state index in [0.29, 0.717) is 12.0 Å². The monoisotopic (exact) mass is 251 g/mol. The van der Waals surface area contributed by atoms with Crippen molar-refractivity contribution in [2.24, 2.45) is 5.73 Å². The van der Waals surface area contributed by atoms with Gasteiger partial charge in [-0.15, -0.1) is 0 Å². The van der Waals surface area contributed by atoms with Crippen LogP contribution in [0.2, 0.25) is 0 Å². The van der Waals surface area contributed by atoms with Crippen molar-refractivity contribution >= 4 is 0 Å². The third kappa shape index (κ3) is 2.71. The molecule has 0 amide bonds. The number of hydrogen-bond acceptors (Lipinski definition) is 1. The summed E-state index contributed by atoms with van der Waals surface area (Å²) < 4.78 is 0. The Hall–Kier alpha value is -1.60. The number of fused-ring (bicyclic) bond motifs is 1. The minimum atomic E-state index is 0.318. The Balaban J connectivity index is 1.49. The van der Waals surface area contributed by atoms with Crippen LogP contribution in [0, 0.1) is 0 Å². The average molecular weight is 251 g/mol. The van der Waals surface area contributed by atoms with E-state index in [1.54, 1.807) is 0 Å². The van der Waals surface area contributed by atoms with Crippen molar-refractivity contribution in [3.63, 3.8) is 0 Å². The Bertz CT molecular complexity index is 532. The highest BCUT2D eigenvalue weighted by Crippen LogP contribution is 2.37. The van der Waals surface area contributed by atoms with Crippen LogP contribution in [-0.2, 0) is 12.8 Å². The minimum Gasteiger partial charge on any atom is -0.327 e. The van der Waals surface area contributed by atoms with E-state index in [0.717, 1.165) is 12.8 Å². The third-order valence-electron chi connectivity index (χ3n) is 4.26. The SMILES string of the molecule is NC(CCCc1ccccc1)C1Cc2ccccc21. The fourth-order valence-electron chi connectivity index (χ4n) is 3.07. The molecule has 0 aliphatic heterocycles. The Morgan fingerprint density at radius 2 is 1.74 bits per heavy atom. The summed E-state index contributed by atoms with van der Waals surface area (Å²) in [5.74, 6) is 0.590. The molecule has 19 heavy (non-hydrogen) atoms. The summed E-state index contributed by atoms with van der Waals surface area (Å²) in [4.78, 5) is 0. The van der Waals surface area contributed by atoms with Gasteiger partial charge in [-0.05, 0) is 42.4 Å². The molecule has 1 heteroatoms. The highest BCUT2D eigenvalue weighted by molar-refractivity contribution is 5.41.